The monoisotopic (exact) mass is 417 g/mol. The number of Topliss-reactive ketones (excluding diaryl/α,β-unsaturated/α-hetero) is 1. The van der Waals surface area contributed by atoms with Gasteiger partial charge < -0.3 is 9.84 Å². The second kappa shape index (κ2) is 11.2. The Balaban J connectivity index is 1.94. The highest BCUT2D eigenvalue weighted by molar-refractivity contribution is 6.05. The lowest BCUT2D eigenvalue weighted by molar-refractivity contribution is -0.385. The summed E-state index contributed by atoms with van der Waals surface area (Å²) in [6.07, 6.45) is 8.40. The third kappa shape index (κ3) is 6.50. The number of nitrogens with zero attached hydrogens (tertiary/aromatic N) is 1. The Bertz CT molecular complexity index is 831. The van der Waals surface area contributed by atoms with Gasteiger partial charge in [-0.25, -0.2) is 0 Å². The zero-order valence-electron chi connectivity index (χ0n) is 17.0. The summed E-state index contributed by atoms with van der Waals surface area (Å²) in [6.45, 7) is 0. The van der Waals surface area contributed by atoms with E-state index in [-0.39, 0.29) is 46.8 Å². The average Bonchev–Trinajstić information content (AvgIpc) is 3.07. The van der Waals surface area contributed by atoms with Crippen molar-refractivity contribution in [1.29, 1.82) is 0 Å². The Kier molecular flexibility index (Phi) is 8.70. The molecule has 0 radical (unpaired) electrons. The summed E-state index contributed by atoms with van der Waals surface area (Å²) in [4.78, 5) is 45.7. The molecule has 1 N–H and O–H groups in total. The number of aliphatic carboxylic acids is 1. The minimum Gasteiger partial charge on any atom is -0.490 e. The van der Waals surface area contributed by atoms with Gasteiger partial charge in [-0.1, -0.05) is 25.3 Å². The van der Waals surface area contributed by atoms with Gasteiger partial charge >= 0.3 is 11.7 Å². The largest absolute Gasteiger partial charge is 0.490 e. The molecule has 1 fully saturated rings. The summed E-state index contributed by atoms with van der Waals surface area (Å²) in [5.41, 5.74) is -0.0772. The molecule has 1 aromatic carbocycles. The molecule has 2 rings (SSSR count). The minimum absolute atomic E-state index is 0.0197. The molecule has 0 bridgehead atoms. The fourth-order valence-corrected chi connectivity index (χ4v) is 3.83. The second-order valence-electron chi connectivity index (χ2n) is 7.49. The van der Waals surface area contributed by atoms with Crippen molar-refractivity contribution in [2.24, 2.45) is 11.8 Å². The van der Waals surface area contributed by atoms with E-state index in [1.165, 1.54) is 31.4 Å². The van der Waals surface area contributed by atoms with Crippen LogP contribution in [0, 0.1) is 22.0 Å². The van der Waals surface area contributed by atoms with E-state index < -0.39 is 10.9 Å². The summed E-state index contributed by atoms with van der Waals surface area (Å²) < 4.78 is 4.94. The lowest BCUT2D eigenvalue weighted by atomic mass is 9.89. The zero-order chi connectivity index (χ0) is 22.1. The fraction of sp³-hybridized carbons (Fsp3) is 0.500. The van der Waals surface area contributed by atoms with Crippen molar-refractivity contribution in [1.82, 2.24) is 0 Å². The standard InChI is InChI=1S/C22H27NO7/c1-30-21-13-10-16(14-18(21)23(28)29)19(24)11-8-15-9-12-20(25)17(15)6-4-2-3-5-7-22(26)27/h8,10-11,13-15,17H,2-7,9,12H2,1H3,(H,26,27)/b11-8+. The first-order valence-corrected chi connectivity index (χ1v) is 10.1. The fourth-order valence-electron chi connectivity index (χ4n) is 3.83. The van der Waals surface area contributed by atoms with Crippen LogP contribution in [-0.2, 0) is 9.59 Å². The first kappa shape index (κ1) is 23.3. The van der Waals surface area contributed by atoms with Crippen LogP contribution in [0.25, 0.3) is 0 Å². The Morgan fingerprint density at radius 3 is 2.67 bits per heavy atom. The van der Waals surface area contributed by atoms with Gasteiger partial charge in [0.15, 0.2) is 11.5 Å². The summed E-state index contributed by atoms with van der Waals surface area (Å²) in [5, 5.41) is 19.8. The number of carbonyl (C=O) groups excluding carboxylic acids is 2. The Labute approximate surface area is 175 Å². The van der Waals surface area contributed by atoms with Crippen LogP contribution in [-0.4, -0.2) is 34.7 Å². The second-order valence-corrected chi connectivity index (χ2v) is 7.49. The predicted octanol–water partition coefficient (Wildman–Crippen LogP) is 4.36. The van der Waals surface area contributed by atoms with Crippen LogP contribution in [0.3, 0.4) is 0 Å². The van der Waals surface area contributed by atoms with Crippen molar-refractivity contribution in [3.05, 3.63) is 46.0 Å². The van der Waals surface area contributed by atoms with Crippen molar-refractivity contribution < 1.29 is 29.2 Å². The van der Waals surface area contributed by atoms with E-state index in [2.05, 4.69) is 0 Å². The molecule has 8 heteroatoms. The van der Waals surface area contributed by atoms with Crippen LogP contribution in [0.2, 0.25) is 0 Å². The van der Waals surface area contributed by atoms with E-state index in [1.54, 1.807) is 6.08 Å². The van der Waals surface area contributed by atoms with E-state index in [0.717, 1.165) is 25.7 Å². The van der Waals surface area contributed by atoms with Gasteiger partial charge in [-0.05, 0) is 43.4 Å². The number of ketones is 2. The summed E-state index contributed by atoms with van der Waals surface area (Å²) in [6, 6.07) is 4.07. The molecular formula is C22H27NO7. The number of ether oxygens (including phenoxy) is 1. The highest BCUT2D eigenvalue weighted by Crippen LogP contribution is 2.34. The average molecular weight is 417 g/mol. The number of allylic oxidation sites excluding steroid dienone is 2. The van der Waals surface area contributed by atoms with E-state index in [9.17, 15) is 24.5 Å². The number of carbonyl (C=O) groups is 3. The Morgan fingerprint density at radius 2 is 2.00 bits per heavy atom. The van der Waals surface area contributed by atoms with Crippen molar-refractivity contribution in [2.75, 3.05) is 7.11 Å². The number of rotatable bonds is 12. The molecule has 1 saturated carbocycles. The highest BCUT2D eigenvalue weighted by Gasteiger charge is 2.32. The molecule has 1 aromatic rings. The van der Waals surface area contributed by atoms with E-state index in [1.807, 2.05) is 0 Å². The number of carboxylic acids is 1. The Hall–Kier alpha value is -3.03. The number of unbranched alkanes of at least 4 members (excludes halogenated alkanes) is 3. The summed E-state index contributed by atoms with van der Waals surface area (Å²) in [5.74, 6) is -1.01. The van der Waals surface area contributed by atoms with Crippen LogP contribution in [0.5, 0.6) is 5.75 Å². The molecular weight excluding hydrogens is 390 g/mol. The molecule has 8 nitrogen and oxygen atoms in total. The van der Waals surface area contributed by atoms with E-state index in [0.29, 0.717) is 19.3 Å². The lowest BCUT2D eigenvalue weighted by Gasteiger charge is -2.14. The maximum Gasteiger partial charge on any atom is 0.311 e. The smallest absolute Gasteiger partial charge is 0.311 e. The Morgan fingerprint density at radius 1 is 1.27 bits per heavy atom. The number of hydrogen-bond donors (Lipinski definition) is 1. The molecule has 2 atom stereocenters. The van der Waals surface area contributed by atoms with Gasteiger partial charge in [0.2, 0.25) is 0 Å². The highest BCUT2D eigenvalue weighted by atomic mass is 16.6. The van der Waals surface area contributed by atoms with E-state index >= 15 is 0 Å². The molecule has 30 heavy (non-hydrogen) atoms. The molecule has 0 aromatic heterocycles. The number of nitro benzene ring substituents is 1. The first-order valence-electron chi connectivity index (χ1n) is 10.1. The molecule has 0 saturated heterocycles. The maximum atomic E-state index is 12.5. The van der Waals surface area contributed by atoms with Crippen LogP contribution < -0.4 is 4.74 Å². The summed E-state index contributed by atoms with van der Waals surface area (Å²) in [7, 11) is 1.33. The van der Waals surface area contributed by atoms with E-state index in [4.69, 9.17) is 9.84 Å². The number of methoxy groups -OCH3 is 1. The number of hydrogen-bond acceptors (Lipinski definition) is 6. The molecule has 0 spiro atoms. The number of benzene rings is 1. The van der Waals surface area contributed by atoms with Gasteiger partial charge in [-0.3, -0.25) is 24.5 Å². The first-order chi connectivity index (χ1) is 14.3. The van der Waals surface area contributed by atoms with Gasteiger partial charge in [0.05, 0.1) is 12.0 Å². The maximum absolute atomic E-state index is 12.5. The molecule has 2 unspecified atom stereocenters. The third-order valence-corrected chi connectivity index (χ3v) is 5.47. The number of nitro groups is 1. The van der Waals surface area contributed by atoms with Crippen LogP contribution in [0.4, 0.5) is 5.69 Å². The van der Waals surface area contributed by atoms with Crippen molar-refractivity contribution in [3.8, 4) is 5.75 Å². The quantitative estimate of drug-likeness (QED) is 0.176. The normalized spacial score (nSPS) is 18.6. The van der Waals surface area contributed by atoms with Gasteiger partial charge in [0.25, 0.3) is 0 Å². The van der Waals surface area contributed by atoms with Crippen LogP contribution in [0.15, 0.2) is 30.4 Å². The SMILES string of the molecule is COc1ccc(C(=O)/C=C/C2CCC(=O)C2CCCCCCC(=O)O)cc1[N+](=O)[O-]. The predicted molar refractivity (Wildman–Crippen MR) is 110 cm³/mol. The molecule has 0 aliphatic heterocycles. The molecule has 0 heterocycles. The third-order valence-electron chi connectivity index (χ3n) is 5.47. The minimum atomic E-state index is -0.793. The topological polar surface area (TPSA) is 124 Å². The van der Waals surface area contributed by atoms with Gasteiger partial charge in [-0.15, -0.1) is 0 Å². The lowest BCUT2D eigenvalue weighted by Crippen LogP contribution is -2.13. The van der Waals surface area contributed by atoms with Crippen molar-refractivity contribution >= 4 is 23.2 Å². The van der Waals surface area contributed by atoms with Gasteiger partial charge in [-0.2, -0.15) is 0 Å². The van der Waals surface area contributed by atoms with Crippen molar-refractivity contribution in [3.63, 3.8) is 0 Å². The van der Waals surface area contributed by atoms with Gasteiger partial charge in [0, 0.05) is 30.4 Å². The van der Waals surface area contributed by atoms with Crippen LogP contribution in [0.1, 0.15) is 61.7 Å². The molecule has 1 aliphatic carbocycles. The zero-order valence-corrected chi connectivity index (χ0v) is 17.0. The van der Waals surface area contributed by atoms with Gasteiger partial charge in [0.1, 0.15) is 5.78 Å². The molecule has 0 amide bonds. The molecule has 162 valence electrons. The number of carboxylic acid groups (broad SMARTS) is 1. The molecule has 1 aliphatic rings. The van der Waals surface area contributed by atoms with Crippen LogP contribution >= 0.6 is 0 Å². The summed E-state index contributed by atoms with van der Waals surface area (Å²) >= 11 is 0. The van der Waals surface area contributed by atoms with Crippen molar-refractivity contribution in [2.45, 2.75) is 51.4 Å².